The Hall–Kier alpha value is -1.93. The summed E-state index contributed by atoms with van der Waals surface area (Å²) in [5.74, 6) is 0.337. The van der Waals surface area contributed by atoms with Crippen molar-refractivity contribution in [2.75, 3.05) is 13.2 Å². The molecule has 8 heteroatoms. The fraction of sp³-hybridized carbons (Fsp3) is 0.222. The Morgan fingerprint density at radius 1 is 1.15 bits per heavy atom. The van der Waals surface area contributed by atoms with Gasteiger partial charge in [0.25, 0.3) is 5.22 Å². The molecule has 26 heavy (non-hydrogen) atoms. The van der Waals surface area contributed by atoms with Crippen LogP contribution < -0.4 is 5.32 Å². The summed E-state index contributed by atoms with van der Waals surface area (Å²) in [5, 5.41) is 20.4. The van der Waals surface area contributed by atoms with Gasteiger partial charge < -0.3 is 14.8 Å². The molecule has 0 atom stereocenters. The third-order valence-electron chi connectivity index (χ3n) is 3.61. The minimum absolute atomic E-state index is 0.0999. The SMILES string of the molecule is OCCNCc1ccc(-c2nnc(SCc3cccc(Cl)c3F)o2)cc1. The Balaban J connectivity index is 1.61. The standard InChI is InChI=1S/C18H17ClFN3O2S/c19-15-3-1-2-14(16(15)20)11-26-18-23-22-17(25-18)13-6-4-12(5-7-13)10-21-8-9-24/h1-7,21,24H,8-11H2. The molecule has 0 aliphatic heterocycles. The van der Waals surface area contributed by atoms with Crippen LogP contribution in [0.4, 0.5) is 4.39 Å². The normalized spacial score (nSPS) is 11.0. The molecule has 0 saturated heterocycles. The molecule has 1 aromatic heterocycles. The first-order valence-electron chi connectivity index (χ1n) is 7.97. The number of benzene rings is 2. The van der Waals surface area contributed by atoms with E-state index in [0.717, 1.165) is 11.1 Å². The number of nitrogens with one attached hydrogen (secondary N) is 1. The van der Waals surface area contributed by atoms with E-state index in [1.807, 2.05) is 24.3 Å². The van der Waals surface area contributed by atoms with Crippen molar-refractivity contribution in [2.24, 2.45) is 0 Å². The Kier molecular flexibility index (Phi) is 6.62. The topological polar surface area (TPSA) is 71.2 Å². The highest BCUT2D eigenvalue weighted by Crippen LogP contribution is 2.28. The van der Waals surface area contributed by atoms with Gasteiger partial charge in [0.15, 0.2) is 0 Å². The van der Waals surface area contributed by atoms with Gasteiger partial charge in [0.2, 0.25) is 5.89 Å². The third-order valence-corrected chi connectivity index (χ3v) is 4.77. The smallest absolute Gasteiger partial charge is 0.277 e. The minimum Gasteiger partial charge on any atom is -0.411 e. The average Bonchev–Trinajstić information content (AvgIpc) is 3.13. The van der Waals surface area contributed by atoms with Gasteiger partial charge in [0.1, 0.15) is 5.82 Å². The van der Waals surface area contributed by atoms with E-state index in [2.05, 4.69) is 15.5 Å². The van der Waals surface area contributed by atoms with E-state index in [9.17, 15) is 4.39 Å². The number of hydrogen-bond acceptors (Lipinski definition) is 6. The monoisotopic (exact) mass is 393 g/mol. The van der Waals surface area contributed by atoms with Crippen LogP contribution in [0.3, 0.4) is 0 Å². The summed E-state index contributed by atoms with van der Waals surface area (Å²) in [6.07, 6.45) is 0. The first-order valence-corrected chi connectivity index (χ1v) is 9.34. The number of aliphatic hydroxyl groups is 1. The van der Waals surface area contributed by atoms with Crippen molar-refractivity contribution in [2.45, 2.75) is 17.5 Å². The summed E-state index contributed by atoms with van der Waals surface area (Å²) in [7, 11) is 0. The number of aromatic nitrogens is 2. The summed E-state index contributed by atoms with van der Waals surface area (Å²) in [4.78, 5) is 0. The average molecular weight is 394 g/mol. The Bertz CT molecular complexity index is 858. The molecule has 5 nitrogen and oxygen atoms in total. The van der Waals surface area contributed by atoms with Gasteiger partial charge >= 0.3 is 0 Å². The van der Waals surface area contributed by atoms with Crippen LogP contribution in [0.25, 0.3) is 11.5 Å². The van der Waals surface area contributed by atoms with Gasteiger partial charge in [0, 0.05) is 24.4 Å². The maximum absolute atomic E-state index is 13.9. The van der Waals surface area contributed by atoms with E-state index in [-0.39, 0.29) is 11.6 Å². The van der Waals surface area contributed by atoms with Crippen LogP contribution >= 0.6 is 23.4 Å². The Labute approximate surface area is 159 Å². The van der Waals surface area contributed by atoms with Gasteiger partial charge in [0.05, 0.1) is 11.6 Å². The van der Waals surface area contributed by atoms with Crippen molar-refractivity contribution in [3.05, 3.63) is 64.4 Å². The second kappa shape index (κ2) is 9.14. The molecular weight excluding hydrogens is 377 g/mol. The van der Waals surface area contributed by atoms with E-state index >= 15 is 0 Å². The molecule has 3 aromatic rings. The molecule has 0 aliphatic carbocycles. The first kappa shape index (κ1) is 18.8. The van der Waals surface area contributed by atoms with Crippen LogP contribution in [0, 0.1) is 5.82 Å². The number of aliphatic hydroxyl groups excluding tert-OH is 1. The molecule has 0 spiro atoms. The molecule has 0 unspecified atom stereocenters. The number of hydrogen-bond donors (Lipinski definition) is 2. The molecule has 1 heterocycles. The van der Waals surface area contributed by atoms with Gasteiger partial charge in [-0.1, -0.05) is 47.6 Å². The quantitative estimate of drug-likeness (QED) is 0.446. The highest BCUT2D eigenvalue weighted by Gasteiger charge is 2.12. The molecule has 0 saturated carbocycles. The van der Waals surface area contributed by atoms with Crippen molar-refractivity contribution in [3.63, 3.8) is 0 Å². The van der Waals surface area contributed by atoms with Gasteiger partial charge in [-0.15, -0.1) is 10.2 Å². The van der Waals surface area contributed by atoms with Crippen molar-refractivity contribution in [1.29, 1.82) is 0 Å². The van der Waals surface area contributed by atoms with Gasteiger partial charge in [-0.05, 0) is 29.3 Å². The molecule has 2 N–H and O–H groups in total. The Morgan fingerprint density at radius 2 is 1.96 bits per heavy atom. The second-order valence-electron chi connectivity index (χ2n) is 5.47. The van der Waals surface area contributed by atoms with E-state index in [1.54, 1.807) is 12.1 Å². The molecule has 2 aromatic carbocycles. The predicted molar refractivity (Wildman–Crippen MR) is 99.5 cm³/mol. The lowest BCUT2D eigenvalue weighted by atomic mass is 10.1. The van der Waals surface area contributed by atoms with Gasteiger partial charge in [-0.3, -0.25) is 0 Å². The first-order chi connectivity index (χ1) is 12.7. The maximum atomic E-state index is 13.9. The largest absolute Gasteiger partial charge is 0.411 e. The maximum Gasteiger partial charge on any atom is 0.277 e. The summed E-state index contributed by atoms with van der Waals surface area (Å²) >= 11 is 7.04. The molecule has 0 amide bonds. The molecule has 0 aliphatic rings. The second-order valence-corrected chi connectivity index (χ2v) is 6.81. The lowest BCUT2D eigenvalue weighted by molar-refractivity contribution is 0.292. The van der Waals surface area contributed by atoms with Crippen molar-refractivity contribution in [3.8, 4) is 11.5 Å². The molecular formula is C18H17ClFN3O2S. The van der Waals surface area contributed by atoms with Crippen LogP contribution in [0.5, 0.6) is 0 Å². The van der Waals surface area contributed by atoms with Crippen LogP contribution in [0.15, 0.2) is 52.1 Å². The fourth-order valence-electron chi connectivity index (χ4n) is 2.26. The van der Waals surface area contributed by atoms with Crippen LogP contribution in [0.1, 0.15) is 11.1 Å². The number of halogens is 2. The lowest BCUT2D eigenvalue weighted by Crippen LogP contribution is -2.17. The fourth-order valence-corrected chi connectivity index (χ4v) is 3.19. The summed E-state index contributed by atoms with van der Waals surface area (Å²) in [6.45, 7) is 1.34. The highest BCUT2D eigenvalue weighted by atomic mass is 35.5. The summed E-state index contributed by atoms with van der Waals surface area (Å²) < 4.78 is 19.5. The van der Waals surface area contributed by atoms with Crippen molar-refractivity contribution in [1.82, 2.24) is 15.5 Å². The van der Waals surface area contributed by atoms with Crippen molar-refractivity contribution >= 4 is 23.4 Å². The highest BCUT2D eigenvalue weighted by molar-refractivity contribution is 7.98. The summed E-state index contributed by atoms with van der Waals surface area (Å²) in [5.41, 5.74) is 2.39. The predicted octanol–water partition coefficient (Wildman–Crippen LogP) is 3.90. The molecule has 0 radical (unpaired) electrons. The van der Waals surface area contributed by atoms with Crippen molar-refractivity contribution < 1.29 is 13.9 Å². The van der Waals surface area contributed by atoms with Crippen LogP contribution in [-0.4, -0.2) is 28.5 Å². The molecule has 136 valence electrons. The molecule has 0 bridgehead atoms. The van der Waals surface area contributed by atoms with E-state index in [1.165, 1.54) is 17.8 Å². The van der Waals surface area contributed by atoms with E-state index in [4.69, 9.17) is 21.1 Å². The number of rotatable bonds is 8. The zero-order chi connectivity index (χ0) is 18.4. The summed E-state index contributed by atoms with van der Waals surface area (Å²) in [6, 6.07) is 12.6. The van der Waals surface area contributed by atoms with Gasteiger partial charge in [-0.2, -0.15) is 0 Å². The number of nitrogens with zero attached hydrogens (tertiary/aromatic N) is 2. The van der Waals surface area contributed by atoms with Crippen LogP contribution in [-0.2, 0) is 12.3 Å². The minimum atomic E-state index is -0.424. The molecule has 0 fully saturated rings. The van der Waals surface area contributed by atoms with Crippen LogP contribution in [0.2, 0.25) is 5.02 Å². The molecule has 3 rings (SSSR count). The van der Waals surface area contributed by atoms with Gasteiger partial charge in [-0.25, -0.2) is 4.39 Å². The van der Waals surface area contributed by atoms with E-state index < -0.39 is 5.82 Å². The third kappa shape index (κ3) is 4.82. The number of thioether (sulfide) groups is 1. The lowest BCUT2D eigenvalue weighted by Gasteiger charge is -2.03. The Morgan fingerprint density at radius 3 is 2.73 bits per heavy atom. The zero-order valence-corrected chi connectivity index (χ0v) is 15.4. The van der Waals surface area contributed by atoms with E-state index in [0.29, 0.717) is 35.5 Å². The zero-order valence-electron chi connectivity index (χ0n) is 13.8.